The first-order valence-corrected chi connectivity index (χ1v) is 9.61. The van der Waals surface area contributed by atoms with Crippen molar-refractivity contribution in [1.29, 1.82) is 0 Å². The van der Waals surface area contributed by atoms with Gasteiger partial charge in [0.15, 0.2) is 0 Å². The highest BCUT2D eigenvalue weighted by Crippen LogP contribution is 2.40. The Bertz CT molecular complexity index is 280. The van der Waals surface area contributed by atoms with Gasteiger partial charge in [-0.3, -0.25) is 0 Å². The highest BCUT2D eigenvalue weighted by Gasteiger charge is 2.30. The third-order valence-electron chi connectivity index (χ3n) is 5.70. The molecule has 0 bridgehead atoms. The van der Waals surface area contributed by atoms with E-state index < -0.39 is 0 Å². The van der Waals surface area contributed by atoms with Crippen molar-refractivity contribution >= 4 is 0 Å². The molecule has 0 aromatic rings. The van der Waals surface area contributed by atoms with E-state index in [4.69, 9.17) is 4.74 Å². The zero-order valence-electron chi connectivity index (χ0n) is 14.4. The normalized spacial score (nSPS) is 34.4. The third-order valence-corrected chi connectivity index (χ3v) is 5.70. The van der Waals surface area contributed by atoms with Crippen molar-refractivity contribution in [3.8, 4) is 0 Å². The van der Waals surface area contributed by atoms with E-state index in [0.29, 0.717) is 6.10 Å². The first-order valence-electron chi connectivity index (χ1n) is 9.61. The Hall–Kier alpha value is -0.300. The molecule has 2 aliphatic rings. The Labute approximate surface area is 132 Å². The van der Waals surface area contributed by atoms with Gasteiger partial charge in [0.2, 0.25) is 0 Å². The number of hydrogen-bond donors (Lipinski definition) is 0. The molecule has 0 atom stereocenters. The van der Waals surface area contributed by atoms with Gasteiger partial charge in [-0.25, -0.2) is 0 Å². The second-order valence-electron chi connectivity index (χ2n) is 7.27. The minimum Gasteiger partial charge on any atom is -0.378 e. The van der Waals surface area contributed by atoms with Crippen molar-refractivity contribution in [3.63, 3.8) is 0 Å². The second-order valence-corrected chi connectivity index (χ2v) is 7.27. The molecule has 0 saturated heterocycles. The predicted molar refractivity (Wildman–Crippen MR) is 91.5 cm³/mol. The minimum atomic E-state index is 0.580. The van der Waals surface area contributed by atoms with Crippen molar-refractivity contribution in [3.05, 3.63) is 12.2 Å². The number of unbranched alkanes of at least 4 members (excludes halogenated alkanes) is 1. The van der Waals surface area contributed by atoms with E-state index in [1.807, 2.05) is 0 Å². The van der Waals surface area contributed by atoms with Gasteiger partial charge >= 0.3 is 0 Å². The Kier molecular flexibility index (Phi) is 7.85. The molecule has 2 aliphatic carbocycles. The maximum Gasteiger partial charge on any atom is 0.0575 e. The average Bonchev–Trinajstić information content (AvgIpc) is 2.54. The summed E-state index contributed by atoms with van der Waals surface area (Å²) >= 11 is 0. The highest BCUT2D eigenvalue weighted by atomic mass is 16.5. The van der Waals surface area contributed by atoms with Crippen LogP contribution in [0.15, 0.2) is 12.2 Å². The quantitative estimate of drug-likeness (QED) is 0.405. The van der Waals surface area contributed by atoms with Gasteiger partial charge in [-0.15, -0.1) is 0 Å². The molecule has 2 saturated carbocycles. The van der Waals surface area contributed by atoms with Gasteiger partial charge in [-0.1, -0.05) is 32.4 Å². The van der Waals surface area contributed by atoms with E-state index in [-0.39, 0.29) is 0 Å². The summed E-state index contributed by atoms with van der Waals surface area (Å²) in [6.45, 7) is 5.47. The zero-order valence-corrected chi connectivity index (χ0v) is 14.4. The van der Waals surface area contributed by atoms with Crippen LogP contribution in [0, 0.1) is 17.8 Å². The van der Waals surface area contributed by atoms with Crippen molar-refractivity contribution in [2.75, 3.05) is 6.61 Å². The van der Waals surface area contributed by atoms with Crippen molar-refractivity contribution in [2.45, 2.75) is 90.6 Å². The summed E-state index contributed by atoms with van der Waals surface area (Å²) in [7, 11) is 0. The molecule has 0 unspecified atom stereocenters. The minimum absolute atomic E-state index is 0.580. The fraction of sp³-hybridized carbons (Fsp3) is 0.900. The fourth-order valence-corrected chi connectivity index (χ4v) is 4.26. The molecule has 21 heavy (non-hydrogen) atoms. The molecule has 122 valence electrons. The number of hydrogen-bond acceptors (Lipinski definition) is 1. The van der Waals surface area contributed by atoms with Gasteiger partial charge in [0, 0.05) is 6.61 Å². The largest absolute Gasteiger partial charge is 0.378 e. The molecule has 1 heteroatoms. The van der Waals surface area contributed by atoms with Gasteiger partial charge < -0.3 is 4.74 Å². The molecule has 0 aromatic heterocycles. The number of ether oxygens (including phenoxy) is 1. The van der Waals surface area contributed by atoms with Gasteiger partial charge in [0.1, 0.15) is 0 Å². The van der Waals surface area contributed by atoms with E-state index in [1.54, 1.807) is 0 Å². The predicted octanol–water partition coefficient (Wildman–Crippen LogP) is 6.13. The van der Waals surface area contributed by atoms with E-state index in [1.165, 1.54) is 70.6 Å². The van der Waals surface area contributed by atoms with Crippen LogP contribution in [0.5, 0.6) is 0 Å². The van der Waals surface area contributed by atoms with Crippen LogP contribution < -0.4 is 0 Å². The molecule has 0 amide bonds. The lowest BCUT2D eigenvalue weighted by molar-refractivity contribution is 0.00645. The maximum absolute atomic E-state index is 6.01. The molecule has 0 aliphatic heterocycles. The van der Waals surface area contributed by atoms with Crippen LogP contribution in [-0.2, 0) is 4.74 Å². The number of rotatable bonds is 7. The van der Waals surface area contributed by atoms with E-state index >= 15 is 0 Å². The molecule has 1 nitrogen and oxygen atoms in total. The molecule has 0 N–H and O–H groups in total. The lowest BCUT2D eigenvalue weighted by Gasteiger charge is -2.37. The van der Waals surface area contributed by atoms with Crippen LogP contribution in [0.2, 0.25) is 0 Å². The van der Waals surface area contributed by atoms with Crippen molar-refractivity contribution in [2.24, 2.45) is 17.8 Å². The molecule has 0 aromatic carbocycles. The van der Waals surface area contributed by atoms with Crippen LogP contribution in [0.1, 0.15) is 84.5 Å². The average molecular weight is 293 g/mol. The summed E-state index contributed by atoms with van der Waals surface area (Å²) in [5.41, 5.74) is 0. The van der Waals surface area contributed by atoms with Crippen LogP contribution in [0.3, 0.4) is 0 Å². The third kappa shape index (κ3) is 5.77. The summed E-state index contributed by atoms with van der Waals surface area (Å²) in [5, 5.41) is 0. The monoisotopic (exact) mass is 292 g/mol. The van der Waals surface area contributed by atoms with E-state index in [9.17, 15) is 0 Å². The molecular formula is C20H36O. The molecular weight excluding hydrogens is 256 g/mol. The first-order chi connectivity index (χ1) is 10.3. The summed E-state index contributed by atoms with van der Waals surface area (Å²) in [6, 6.07) is 0. The van der Waals surface area contributed by atoms with Crippen LogP contribution >= 0.6 is 0 Å². The molecule has 0 radical (unpaired) electrons. The first kappa shape index (κ1) is 17.1. The van der Waals surface area contributed by atoms with Gasteiger partial charge in [0.25, 0.3) is 0 Å². The molecule has 2 rings (SSSR count). The Morgan fingerprint density at radius 3 is 2.05 bits per heavy atom. The molecule has 0 heterocycles. The smallest absolute Gasteiger partial charge is 0.0575 e. The SMILES string of the molecule is CCC=CC1CCC(C2CCC(OCCCC)CC2)CC1. The summed E-state index contributed by atoms with van der Waals surface area (Å²) in [5.74, 6) is 2.91. The lowest BCUT2D eigenvalue weighted by atomic mass is 9.70. The molecule has 0 spiro atoms. The lowest BCUT2D eigenvalue weighted by Crippen LogP contribution is -2.28. The van der Waals surface area contributed by atoms with Crippen LogP contribution in [0.4, 0.5) is 0 Å². The Morgan fingerprint density at radius 1 is 0.857 bits per heavy atom. The molecule has 2 fully saturated rings. The summed E-state index contributed by atoms with van der Waals surface area (Å²) in [6.07, 6.45) is 20.4. The van der Waals surface area contributed by atoms with Crippen molar-refractivity contribution in [1.82, 2.24) is 0 Å². The fourth-order valence-electron chi connectivity index (χ4n) is 4.26. The zero-order chi connectivity index (χ0) is 14.9. The van der Waals surface area contributed by atoms with Crippen LogP contribution in [-0.4, -0.2) is 12.7 Å². The summed E-state index contributed by atoms with van der Waals surface area (Å²) in [4.78, 5) is 0. The van der Waals surface area contributed by atoms with Gasteiger partial charge in [-0.05, 0) is 82.0 Å². The topological polar surface area (TPSA) is 9.23 Å². The Balaban J connectivity index is 1.63. The standard InChI is InChI=1S/C20H36O/c1-3-5-7-17-8-10-18(11-9-17)19-12-14-20(15-13-19)21-16-6-4-2/h5,7,17-20H,3-4,6,8-16H2,1-2H3. The van der Waals surface area contributed by atoms with Gasteiger partial charge in [0.05, 0.1) is 6.10 Å². The number of allylic oxidation sites excluding steroid dienone is 2. The second kappa shape index (κ2) is 9.66. The van der Waals surface area contributed by atoms with E-state index in [0.717, 1.165) is 24.4 Å². The Morgan fingerprint density at radius 2 is 1.48 bits per heavy atom. The van der Waals surface area contributed by atoms with Crippen molar-refractivity contribution < 1.29 is 4.74 Å². The van der Waals surface area contributed by atoms with Crippen LogP contribution in [0.25, 0.3) is 0 Å². The van der Waals surface area contributed by atoms with Gasteiger partial charge in [-0.2, -0.15) is 0 Å². The maximum atomic E-state index is 6.01. The van der Waals surface area contributed by atoms with E-state index in [2.05, 4.69) is 26.0 Å². The summed E-state index contributed by atoms with van der Waals surface area (Å²) < 4.78 is 6.01. The highest BCUT2D eigenvalue weighted by molar-refractivity contribution is 4.92.